The second-order valence-corrected chi connectivity index (χ2v) is 11.8. The first-order chi connectivity index (χ1) is 20.8. The molecular formula is C31H24F12N3PPd. The van der Waals surface area contributed by atoms with Gasteiger partial charge >= 0.3 is 65.8 Å². The van der Waals surface area contributed by atoms with Crippen molar-refractivity contribution in [1.82, 2.24) is 0 Å². The van der Waals surface area contributed by atoms with Crippen molar-refractivity contribution in [2.45, 2.75) is 33.1 Å². The number of rotatable bonds is 2. The van der Waals surface area contributed by atoms with Crippen LogP contribution in [0.25, 0.3) is 10.8 Å². The van der Waals surface area contributed by atoms with Crippen LogP contribution in [-0.2, 0) is 32.8 Å². The summed E-state index contributed by atoms with van der Waals surface area (Å²) in [4.78, 5) is 9.14. The molecule has 262 valence electrons. The van der Waals surface area contributed by atoms with Crippen LogP contribution < -0.4 is 0 Å². The summed E-state index contributed by atoms with van der Waals surface area (Å²) in [6, 6.07) is 19.7. The van der Waals surface area contributed by atoms with Gasteiger partial charge in [0.25, 0.3) is 0 Å². The van der Waals surface area contributed by atoms with Crippen LogP contribution in [0.4, 0.5) is 62.9 Å². The molecule has 3 nitrogen and oxygen atoms in total. The summed E-state index contributed by atoms with van der Waals surface area (Å²) < 4.78 is 140. The zero-order valence-corrected chi connectivity index (χ0v) is 27.5. The van der Waals surface area contributed by atoms with E-state index in [4.69, 9.17) is 10.3 Å². The Morgan fingerprint density at radius 1 is 0.625 bits per heavy atom. The predicted octanol–water partition coefficient (Wildman–Crippen LogP) is 13.1. The molecule has 4 aromatic carbocycles. The Hall–Kier alpha value is -3.78. The van der Waals surface area contributed by atoms with E-state index in [0.29, 0.717) is 34.7 Å². The van der Waals surface area contributed by atoms with Crippen molar-refractivity contribution in [2.75, 3.05) is 0 Å². The van der Waals surface area contributed by atoms with Crippen LogP contribution in [0, 0.1) is 32.6 Å². The van der Waals surface area contributed by atoms with Gasteiger partial charge in [-0.1, -0.05) is 42.5 Å². The molecule has 1 aliphatic rings. The number of aryl methyl sites for hydroxylation is 2. The Labute approximate surface area is 280 Å². The zero-order chi connectivity index (χ0) is 34.9. The first-order valence-corrected chi connectivity index (χ1v) is 14.7. The van der Waals surface area contributed by atoms with Gasteiger partial charge in [-0.25, -0.2) is 9.98 Å². The molecule has 5 rings (SSSR count). The number of benzene rings is 4. The fourth-order valence-corrected chi connectivity index (χ4v) is 4.49. The van der Waals surface area contributed by atoms with Crippen LogP contribution in [-0.4, -0.2) is 11.4 Å². The van der Waals surface area contributed by atoms with Crippen LogP contribution in [0.15, 0.2) is 82.8 Å². The standard InChI is InChI=1S/C28H18F6N2.C2H3N.CH3.F6P.Pd/c1-15-9-16(2)11-20(10-15)35-25-22-7-3-5-17-6-4-8-23(24(17)22)26(25)36-21-13-18(27(29,30)31)12-19(14-21)28(32,33)34;1-2-3;;1-7(2,3,4,5)6;/h3-14H,1-2H3;1H3;1H3;;/q;;2*-1;+2. The summed E-state index contributed by atoms with van der Waals surface area (Å²) in [5.74, 6) is 0. The summed E-state index contributed by atoms with van der Waals surface area (Å²) >= 11 is 0. The van der Waals surface area contributed by atoms with Gasteiger partial charge in [0.15, 0.2) is 0 Å². The van der Waals surface area contributed by atoms with Crippen LogP contribution in [0.3, 0.4) is 0 Å². The molecule has 0 unspecified atom stereocenters. The van der Waals surface area contributed by atoms with Gasteiger partial charge < -0.3 is 7.43 Å². The van der Waals surface area contributed by atoms with Gasteiger partial charge in [0.2, 0.25) is 0 Å². The fourth-order valence-electron chi connectivity index (χ4n) is 4.49. The molecule has 0 amide bonds. The van der Waals surface area contributed by atoms with E-state index in [-0.39, 0.29) is 39.6 Å². The second-order valence-electron chi connectivity index (χ2n) is 9.92. The SMILES string of the molecule is CC#N.Cc1cc(C)cc(N=C2C(=Nc3cc(C(F)(F)F)cc(C(F)(F)F)c3)c3cccc4cccc2c34)c1.F[P-](F)(F)(F)(F)F.[CH3-].[Pd+2]. The molecule has 0 spiro atoms. The number of hydrogen-bond donors (Lipinski definition) is 0. The van der Waals surface area contributed by atoms with E-state index in [0.717, 1.165) is 21.9 Å². The van der Waals surface area contributed by atoms with Crippen LogP contribution in [0.1, 0.15) is 40.3 Å². The molecule has 0 aromatic heterocycles. The smallest absolute Gasteiger partial charge is 0.358 e. The first-order valence-electron chi connectivity index (χ1n) is 12.7. The van der Waals surface area contributed by atoms with Gasteiger partial charge in [-0.15, -0.1) is 0 Å². The molecule has 0 atom stereocenters. The molecule has 0 radical (unpaired) electrons. The molecule has 0 bridgehead atoms. The first kappa shape index (κ1) is 42.2. The van der Waals surface area contributed by atoms with Crippen LogP contribution in [0.2, 0.25) is 0 Å². The average molecular weight is 804 g/mol. The molecular weight excluding hydrogens is 780 g/mol. The van der Waals surface area contributed by atoms with Crippen molar-refractivity contribution in [3.63, 3.8) is 0 Å². The van der Waals surface area contributed by atoms with Gasteiger partial charge in [-0.2, -0.15) is 31.6 Å². The van der Waals surface area contributed by atoms with Crippen LogP contribution >= 0.6 is 7.81 Å². The van der Waals surface area contributed by atoms with Gasteiger partial charge in [0.1, 0.15) is 0 Å². The minimum Gasteiger partial charge on any atom is -0.358 e. The van der Waals surface area contributed by atoms with Gasteiger partial charge in [0, 0.05) is 23.4 Å². The van der Waals surface area contributed by atoms with Gasteiger partial charge in [0.05, 0.1) is 40.0 Å². The quantitative estimate of drug-likeness (QED) is 0.0862. The topological polar surface area (TPSA) is 48.5 Å². The van der Waals surface area contributed by atoms with Crippen molar-refractivity contribution in [3.05, 3.63) is 114 Å². The Bertz CT molecular complexity index is 1840. The molecule has 0 saturated heterocycles. The second kappa shape index (κ2) is 14.0. The van der Waals surface area contributed by atoms with Crippen molar-refractivity contribution >= 4 is 41.4 Å². The molecule has 0 saturated carbocycles. The maximum absolute atomic E-state index is 13.4. The Kier molecular flexibility index (Phi) is 12.3. The molecule has 0 heterocycles. The third-order valence-electron chi connectivity index (χ3n) is 5.90. The van der Waals surface area contributed by atoms with E-state index < -0.39 is 37.0 Å². The van der Waals surface area contributed by atoms with Crippen LogP contribution in [0.5, 0.6) is 0 Å². The number of hydrogen-bond acceptors (Lipinski definition) is 3. The minimum absolute atomic E-state index is 0. The number of halogens is 12. The Balaban J connectivity index is 0.000000846. The van der Waals surface area contributed by atoms with Crippen molar-refractivity contribution in [1.29, 1.82) is 5.26 Å². The number of aliphatic imine (C=N–C) groups is 2. The summed E-state index contributed by atoms with van der Waals surface area (Å²) in [6.07, 6.45) is -9.93. The van der Waals surface area contributed by atoms with Crippen molar-refractivity contribution in [3.8, 4) is 6.07 Å². The van der Waals surface area contributed by atoms with E-state index in [1.165, 1.54) is 6.92 Å². The maximum Gasteiger partial charge on any atom is 2.00 e. The van der Waals surface area contributed by atoms with E-state index >= 15 is 0 Å². The number of nitriles is 1. The molecule has 48 heavy (non-hydrogen) atoms. The summed E-state index contributed by atoms with van der Waals surface area (Å²) in [6.45, 7) is 5.26. The van der Waals surface area contributed by atoms with Crippen molar-refractivity contribution < 1.29 is 71.9 Å². The number of alkyl halides is 6. The molecule has 4 aromatic rings. The average Bonchev–Trinajstić information content (AvgIpc) is 3.15. The van der Waals surface area contributed by atoms with E-state index in [1.54, 1.807) is 18.2 Å². The van der Waals surface area contributed by atoms with Gasteiger partial charge in [-0.05, 0) is 60.7 Å². The fraction of sp³-hybridized carbons (Fsp3) is 0.161. The zero-order valence-electron chi connectivity index (χ0n) is 25.1. The molecule has 0 fully saturated rings. The van der Waals surface area contributed by atoms with E-state index in [9.17, 15) is 51.5 Å². The molecule has 0 N–H and O–H groups in total. The third-order valence-corrected chi connectivity index (χ3v) is 5.90. The van der Waals surface area contributed by atoms with Gasteiger partial charge in [-0.3, -0.25) is 0 Å². The number of nitrogens with zero attached hydrogens (tertiary/aromatic N) is 3. The van der Waals surface area contributed by atoms with E-state index in [1.807, 2.05) is 56.3 Å². The normalized spacial score (nSPS) is 15.5. The largest absolute Gasteiger partial charge is 2.00 e. The maximum atomic E-state index is 13.4. The van der Waals surface area contributed by atoms with E-state index in [2.05, 4.69) is 4.99 Å². The third kappa shape index (κ3) is 12.3. The molecule has 1 aliphatic carbocycles. The monoisotopic (exact) mass is 803 g/mol. The molecule has 17 heteroatoms. The van der Waals surface area contributed by atoms with Crippen molar-refractivity contribution in [2.24, 2.45) is 9.98 Å². The molecule has 0 aliphatic heterocycles. The predicted molar refractivity (Wildman–Crippen MR) is 160 cm³/mol. The Morgan fingerprint density at radius 3 is 1.29 bits per heavy atom. The minimum atomic E-state index is -10.7. The summed E-state index contributed by atoms with van der Waals surface area (Å²) in [7, 11) is -10.7. The summed E-state index contributed by atoms with van der Waals surface area (Å²) in [5.41, 5.74) is 1.16. The summed E-state index contributed by atoms with van der Waals surface area (Å²) in [5, 5.41) is 8.98. The Morgan fingerprint density at radius 2 is 0.958 bits per heavy atom.